The van der Waals surface area contributed by atoms with Crippen LogP contribution in [0.3, 0.4) is 0 Å². The molecule has 1 atom stereocenters. The normalized spacial score (nSPS) is 13.1. The van der Waals surface area contributed by atoms with E-state index in [0.717, 1.165) is 6.54 Å². The molecule has 0 saturated heterocycles. The molecule has 2 rings (SSSR count). The zero-order valence-corrected chi connectivity index (χ0v) is 12.5. The summed E-state index contributed by atoms with van der Waals surface area (Å²) >= 11 is 1.75. The van der Waals surface area contributed by atoms with E-state index in [4.69, 9.17) is 0 Å². The van der Waals surface area contributed by atoms with Gasteiger partial charge in [0, 0.05) is 42.4 Å². The van der Waals surface area contributed by atoms with Crippen molar-refractivity contribution in [1.82, 2.24) is 14.5 Å². The summed E-state index contributed by atoms with van der Waals surface area (Å²) in [5.74, 6) is 0. The summed E-state index contributed by atoms with van der Waals surface area (Å²) in [6.45, 7) is 7.68. The number of hydrogen-bond acceptors (Lipinski definition) is 3. The first-order valence-corrected chi connectivity index (χ1v) is 7.51. The molecule has 19 heavy (non-hydrogen) atoms. The molecule has 0 aromatic carbocycles. The average molecular weight is 279 g/mol. The van der Waals surface area contributed by atoms with Crippen molar-refractivity contribution in [3.63, 3.8) is 0 Å². The molecular weight excluding hydrogens is 258 g/mol. The van der Waals surface area contributed by atoms with Crippen molar-refractivity contribution in [2.24, 2.45) is 0 Å². The Morgan fingerprint density at radius 3 is 2.68 bits per heavy atom. The highest BCUT2D eigenvalue weighted by atomic mass is 32.1. The third kappa shape index (κ3) is 3.36. The zero-order valence-electron chi connectivity index (χ0n) is 11.7. The van der Waals surface area contributed by atoms with Gasteiger partial charge >= 0.3 is 5.69 Å². The summed E-state index contributed by atoms with van der Waals surface area (Å²) in [7, 11) is 0. The maximum absolute atomic E-state index is 12.0. The minimum absolute atomic E-state index is 0.0700. The van der Waals surface area contributed by atoms with Gasteiger partial charge < -0.3 is 5.32 Å². The predicted molar refractivity (Wildman–Crippen MR) is 79.8 cm³/mol. The van der Waals surface area contributed by atoms with E-state index in [1.54, 1.807) is 20.5 Å². The molecular formula is C14H21N3OS. The fraction of sp³-hybridized carbons (Fsp3) is 0.500. The van der Waals surface area contributed by atoms with Crippen LogP contribution in [0.4, 0.5) is 0 Å². The molecule has 0 amide bonds. The van der Waals surface area contributed by atoms with Gasteiger partial charge in [0.15, 0.2) is 0 Å². The first-order valence-electron chi connectivity index (χ1n) is 6.63. The molecule has 0 spiro atoms. The van der Waals surface area contributed by atoms with Gasteiger partial charge in [0.1, 0.15) is 0 Å². The van der Waals surface area contributed by atoms with Crippen molar-refractivity contribution in [2.75, 3.05) is 6.54 Å². The SMILES string of the molecule is CC(NCCn1ccn(C(C)C)c1=O)c1cccs1. The minimum atomic E-state index is 0.0700. The molecule has 0 fully saturated rings. The Balaban J connectivity index is 1.88. The van der Waals surface area contributed by atoms with E-state index < -0.39 is 0 Å². The van der Waals surface area contributed by atoms with E-state index in [-0.39, 0.29) is 11.7 Å². The summed E-state index contributed by atoms with van der Waals surface area (Å²) in [4.78, 5) is 13.3. The monoisotopic (exact) mass is 279 g/mol. The third-order valence-corrected chi connectivity index (χ3v) is 4.26. The second-order valence-electron chi connectivity index (χ2n) is 4.97. The summed E-state index contributed by atoms with van der Waals surface area (Å²) in [6.07, 6.45) is 3.72. The number of rotatable bonds is 6. The van der Waals surface area contributed by atoms with E-state index in [1.165, 1.54) is 4.88 Å². The van der Waals surface area contributed by atoms with E-state index in [2.05, 4.69) is 29.8 Å². The molecule has 0 aliphatic rings. The topological polar surface area (TPSA) is 39.0 Å². The lowest BCUT2D eigenvalue weighted by molar-refractivity contribution is 0.510. The standard InChI is InChI=1S/C14H21N3OS/c1-11(2)17-9-8-16(14(17)18)7-6-15-12(3)13-5-4-10-19-13/h4-5,8-12,15H,6-7H2,1-3H3. The fourth-order valence-electron chi connectivity index (χ4n) is 2.03. The van der Waals surface area contributed by atoms with Crippen LogP contribution < -0.4 is 11.0 Å². The van der Waals surface area contributed by atoms with Crippen molar-refractivity contribution in [3.8, 4) is 0 Å². The lowest BCUT2D eigenvalue weighted by Gasteiger charge is -2.12. The molecule has 5 heteroatoms. The minimum Gasteiger partial charge on any atom is -0.308 e. The highest BCUT2D eigenvalue weighted by molar-refractivity contribution is 7.10. The molecule has 2 aromatic heterocycles. The number of nitrogens with zero attached hydrogens (tertiary/aromatic N) is 2. The van der Waals surface area contributed by atoms with Crippen molar-refractivity contribution in [3.05, 3.63) is 45.3 Å². The Bertz CT molecular complexity index is 554. The Labute approximate surface area is 117 Å². The van der Waals surface area contributed by atoms with Crippen LogP contribution in [-0.4, -0.2) is 15.7 Å². The first kappa shape index (κ1) is 14.1. The molecule has 1 unspecified atom stereocenters. The maximum Gasteiger partial charge on any atom is 0.328 e. The number of hydrogen-bond donors (Lipinski definition) is 1. The van der Waals surface area contributed by atoms with Crippen LogP contribution in [0.15, 0.2) is 34.7 Å². The van der Waals surface area contributed by atoms with E-state index >= 15 is 0 Å². The van der Waals surface area contributed by atoms with E-state index in [9.17, 15) is 4.79 Å². The van der Waals surface area contributed by atoms with Gasteiger partial charge in [-0.2, -0.15) is 0 Å². The summed E-state index contributed by atoms with van der Waals surface area (Å²) in [5.41, 5.74) is 0.0700. The molecule has 0 bridgehead atoms. The Hall–Kier alpha value is -1.33. The van der Waals surface area contributed by atoms with Gasteiger partial charge in [0.2, 0.25) is 0 Å². The van der Waals surface area contributed by atoms with Gasteiger partial charge in [0.25, 0.3) is 0 Å². The van der Waals surface area contributed by atoms with Crippen molar-refractivity contribution < 1.29 is 0 Å². The van der Waals surface area contributed by atoms with Gasteiger partial charge in [-0.05, 0) is 32.2 Å². The van der Waals surface area contributed by atoms with Gasteiger partial charge in [-0.15, -0.1) is 11.3 Å². The summed E-state index contributed by atoms with van der Waals surface area (Å²) < 4.78 is 3.51. The van der Waals surface area contributed by atoms with Gasteiger partial charge in [-0.3, -0.25) is 9.13 Å². The van der Waals surface area contributed by atoms with Gasteiger partial charge in [-0.1, -0.05) is 6.07 Å². The molecule has 0 radical (unpaired) electrons. The van der Waals surface area contributed by atoms with Crippen LogP contribution in [-0.2, 0) is 6.54 Å². The molecule has 0 saturated carbocycles. The Morgan fingerprint density at radius 2 is 2.11 bits per heavy atom. The molecule has 2 aromatic rings. The van der Waals surface area contributed by atoms with Crippen LogP contribution in [0.5, 0.6) is 0 Å². The molecule has 1 N–H and O–H groups in total. The van der Waals surface area contributed by atoms with Gasteiger partial charge in [0.05, 0.1) is 0 Å². The Kier molecular flexibility index (Phi) is 4.61. The van der Waals surface area contributed by atoms with Crippen LogP contribution in [0.2, 0.25) is 0 Å². The third-order valence-electron chi connectivity index (χ3n) is 3.20. The summed E-state index contributed by atoms with van der Waals surface area (Å²) in [5, 5.41) is 5.52. The molecule has 104 valence electrons. The molecule has 0 aliphatic carbocycles. The lowest BCUT2D eigenvalue weighted by atomic mass is 10.3. The second-order valence-corrected chi connectivity index (χ2v) is 5.95. The van der Waals surface area contributed by atoms with Crippen LogP contribution in [0, 0.1) is 0 Å². The maximum atomic E-state index is 12.0. The zero-order chi connectivity index (χ0) is 13.8. The van der Waals surface area contributed by atoms with Crippen molar-refractivity contribution >= 4 is 11.3 Å². The van der Waals surface area contributed by atoms with Crippen LogP contribution in [0.1, 0.15) is 37.7 Å². The number of thiophene rings is 1. The highest BCUT2D eigenvalue weighted by Gasteiger charge is 2.07. The predicted octanol–water partition coefficient (Wildman–Crippen LogP) is 2.64. The highest BCUT2D eigenvalue weighted by Crippen LogP contribution is 2.17. The average Bonchev–Trinajstić information content (AvgIpc) is 2.99. The lowest BCUT2D eigenvalue weighted by Crippen LogP contribution is -2.30. The molecule has 2 heterocycles. The van der Waals surface area contributed by atoms with Gasteiger partial charge in [-0.25, -0.2) is 4.79 Å². The number of imidazole rings is 1. The van der Waals surface area contributed by atoms with Crippen LogP contribution in [0.25, 0.3) is 0 Å². The Morgan fingerprint density at radius 1 is 1.32 bits per heavy atom. The number of aromatic nitrogens is 2. The number of nitrogens with one attached hydrogen (secondary N) is 1. The largest absolute Gasteiger partial charge is 0.328 e. The van der Waals surface area contributed by atoms with E-state index in [0.29, 0.717) is 12.6 Å². The van der Waals surface area contributed by atoms with E-state index in [1.807, 2.05) is 26.2 Å². The van der Waals surface area contributed by atoms with Crippen molar-refractivity contribution in [2.45, 2.75) is 39.4 Å². The molecule has 4 nitrogen and oxygen atoms in total. The summed E-state index contributed by atoms with van der Waals surface area (Å²) in [6, 6.07) is 4.74. The second kappa shape index (κ2) is 6.21. The first-order chi connectivity index (χ1) is 9.09. The van der Waals surface area contributed by atoms with Crippen molar-refractivity contribution in [1.29, 1.82) is 0 Å². The quantitative estimate of drug-likeness (QED) is 0.883. The smallest absolute Gasteiger partial charge is 0.308 e. The van der Waals surface area contributed by atoms with Crippen LogP contribution >= 0.6 is 11.3 Å². The molecule has 0 aliphatic heterocycles. The fourth-order valence-corrected chi connectivity index (χ4v) is 2.79.